The fourth-order valence-corrected chi connectivity index (χ4v) is 3.07. The fraction of sp³-hybridized carbons (Fsp3) is 0.909. The summed E-state index contributed by atoms with van der Waals surface area (Å²) in [5.41, 5.74) is 0. The summed E-state index contributed by atoms with van der Waals surface area (Å²) >= 11 is 0. The van der Waals surface area contributed by atoms with Crippen molar-refractivity contribution in [3.05, 3.63) is 0 Å². The molecule has 0 aromatic carbocycles. The minimum Gasteiger partial charge on any atom is -0.291 e. The highest BCUT2D eigenvalue weighted by Gasteiger charge is 2.16. The monoisotopic (exact) mass is 338 g/mol. The highest BCUT2D eigenvalue weighted by molar-refractivity contribution is 6.37. The van der Waals surface area contributed by atoms with Gasteiger partial charge in [0.25, 0.3) is 0 Å². The molecule has 0 N–H and O–H groups in total. The molecular formula is C22H42O2. The summed E-state index contributed by atoms with van der Waals surface area (Å²) in [7, 11) is 0. The number of carbonyl (C=O) groups is 2. The number of hydrogen-bond acceptors (Lipinski definition) is 2. The molecule has 0 bridgehead atoms. The normalized spacial score (nSPS) is 14.2. The van der Waals surface area contributed by atoms with Crippen molar-refractivity contribution >= 4 is 11.6 Å². The van der Waals surface area contributed by atoms with Crippen molar-refractivity contribution < 1.29 is 9.59 Å². The first-order valence-electron chi connectivity index (χ1n) is 10.3. The van der Waals surface area contributed by atoms with Gasteiger partial charge in [-0.05, 0) is 36.5 Å². The zero-order chi connectivity index (χ0) is 18.5. The lowest BCUT2D eigenvalue weighted by molar-refractivity contribution is -0.136. The van der Waals surface area contributed by atoms with Crippen LogP contribution in [-0.2, 0) is 9.59 Å². The molecule has 0 radical (unpaired) electrons. The molecular weight excluding hydrogens is 296 g/mol. The SMILES string of the molecule is CC(C)CCCC(C)CCC(=O)C(=O)CCC(C)CCCC(C)C. The molecule has 0 aliphatic heterocycles. The van der Waals surface area contributed by atoms with Crippen LogP contribution in [0, 0.1) is 23.7 Å². The maximum absolute atomic E-state index is 12.0. The van der Waals surface area contributed by atoms with E-state index in [4.69, 9.17) is 0 Å². The lowest BCUT2D eigenvalue weighted by Crippen LogP contribution is -2.15. The molecule has 2 nitrogen and oxygen atoms in total. The largest absolute Gasteiger partial charge is 0.291 e. The van der Waals surface area contributed by atoms with E-state index in [1.54, 1.807) is 0 Å². The molecule has 0 heterocycles. The average molecular weight is 339 g/mol. The van der Waals surface area contributed by atoms with Gasteiger partial charge in [0.2, 0.25) is 0 Å². The minimum absolute atomic E-state index is 0.139. The third-order valence-corrected chi connectivity index (χ3v) is 5.00. The van der Waals surface area contributed by atoms with Crippen molar-refractivity contribution in [2.45, 2.75) is 106 Å². The van der Waals surface area contributed by atoms with Crippen LogP contribution in [0.3, 0.4) is 0 Å². The molecule has 2 atom stereocenters. The first-order valence-corrected chi connectivity index (χ1v) is 10.3. The molecule has 0 spiro atoms. The highest BCUT2D eigenvalue weighted by atomic mass is 16.2. The third-order valence-electron chi connectivity index (χ3n) is 5.00. The van der Waals surface area contributed by atoms with Crippen LogP contribution in [0.5, 0.6) is 0 Å². The zero-order valence-electron chi connectivity index (χ0n) is 17.2. The van der Waals surface area contributed by atoms with E-state index in [2.05, 4.69) is 41.5 Å². The van der Waals surface area contributed by atoms with Gasteiger partial charge in [-0.25, -0.2) is 0 Å². The molecule has 0 saturated heterocycles. The van der Waals surface area contributed by atoms with E-state index in [1.165, 1.54) is 38.5 Å². The molecule has 2 unspecified atom stereocenters. The number of ketones is 2. The second kappa shape index (κ2) is 13.6. The second-order valence-corrected chi connectivity index (χ2v) is 8.78. The summed E-state index contributed by atoms with van der Waals surface area (Å²) < 4.78 is 0. The van der Waals surface area contributed by atoms with Gasteiger partial charge in [0.15, 0.2) is 11.6 Å². The van der Waals surface area contributed by atoms with Crippen molar-refractivity contribution in [2.24, 2.45) is 23.7 Å². The number of hydrogen-bond donors (Lipinski definition) is 0. The summed E-state index contributed by atoms with van der Waals surface area (Å²) in [6, 6.07) is 0. The van der Waals surface area contributed by atoms with Crippen molar-refractivity contribution in [1.29, 1.82) is 0 Å². The Balaban J connectivity index is 3.80. The van der Waals surface area contributed by atoms with Crippen LogP contribution in [0.15, 0.2) is 0 Å². The lowest BCUT2D eigenvalue weighted by Gasteiger charge is -2.13. The predicted octanol–water partition coefficient (Wildman–Crippen LogP) is 6.61. The Labute approximate surface area is 151 Å². The Morgan fingerprint density at radius 1 is 0.542 bits per heavy atom. The van der Waals surface area contributed by atoms with Gasteiger partial charge in [-0.3, -0.25) is 9.59 Å². The molecule has 24 heavy (non-hydrogen) atoms. The van der Waals surface area contributed by atoms with Crippen LogP contribution in [0.2, 0.25) is 0 Å². The fourth-order valence-electron chi connectivity index (χ4n) is 3.07. The van der Waals surface area contributed by atoms with Crippen molar-refractivity contribution in [2.75, 3.05) is 0 Å². The molecule has 142 valence electrons. The van der Waals surface area contributed by atoms with Crippen LogP contribution >= 0.6 is 0 Å². The minimum atomic E-state index is -0.139. The standard InChI is InChI=1S/C22H42O2/c1-17(2)9-7-11-19(5)13-15-21(23)22(24)16-14-20(6)12-8-10-18(3)4/h17-20H,7-16H2,1-6H3. The summed E-state index contributed by atoms with van der Waals surface area (Å²) in [6.07, 6.45) is 9.95. The van der Waals surface area contributed by atoms with Gasteiger partial charge in [0, 0.05) is 12.8 Å². The molecule has 0 aliphatic carbocycles. The Kier molecular flexibility index (Phi) is 13.2. The van der Waals surface area contributed by atoms with Crippen molar-refractivity contribution in [1.82, 2.24) is 0 Å². The Hall–Kier alpha value is -0.660. The van der Waals surface area contributed by atoms with Crippen LogP contribution in [0.4, 0.5) is 0 Å². The van der Waals surface area contributed by atoms with E-state index < -0.39 is 0 Å². The van der Waals surface area contributed by atoms with Gasteiger partial charge < -0.3 is 0 Å². The summed E-state index contributed by atoms with van der Waals surface area (Å²) in [6.45, 7) is 13.4. The second-order valence-electron chi connectivity index (χ2n) is 8.78. The predicted molar refractivity (Wildman–Crippen MR) is 104 cm³/mol. The maximum Gasteiger partial charge on any atom is 0.198 e. The number of rotatable bonds is 15. The average Bonchev–Trinajstić information content (AvgIpc) is 2.49. The smallest absolute Gasteiger partial charge is 0.198 e. The Bertz CT molecular complexity index is 310. The molecule has 0 saturated carbocycles. The van der Waals surface area contributed by atoms with E-state index in [-0.39, 0.29) is 11.6 Å². The molecule has 0 rings (SSSR count). The molecule has 0 aromatic rings. The van der Waals surface area contributed by atoms with Gasteiger partial charge in [-0.2, -0.15) is 0 Å². The molecule has 2 heteroatoms. The third kappa shape index (κ3) is 13.7. The first kappa shape index (κ1) is 23.3. The Morgan fingerprint density at radius 3 is 1.17 bits per heavy atom. The van der Waals surface area contributed by atoms with Gasteiger partial charge in [0.05, 0.1) is 0 Å². The van der Waals surface area contributed by atoms with Crippen LogP contribution < -0.4 is 0 Å². The molecule has 0 aromatic heterocycles. The van der Waals surface area contributed by atoms with Gasteiger partial charge in [-0.15, -0.1) is 0 Å². The van der Waals surface area contributed by atoms with E-state index >= 15 is 0 Å². The molecule has 0 amide bonds. The van der Waals surface area contributed by atoms with E-state index in [0.717, 1.165) is 24.7 Å². The van der Waals surface area contributed by atoms with Gasteiger partial charge in [0.1, 0.15) is 0 Å². The van der Waals surface area contributed by atoms with E-state index in [0.29, 0.717) is 24.7 Å². The molecule has 0 fully saturated rings. The summed E-state index contributed by atoms with van der Waals surface area (Å²) in [4.78, 5) is 24.0. The lowest BCUT2D eigenvalue weighted by atomic mass is 9.92. The molecule has 0 aliphatic rings. The van der Waals surface area contributed by atoms with Crippen LogP contribution in [-0.4, -0.2) is 11.6 Å². The van der Waals surface area contributed by atoms with Crippen molar-refractivity contribution in [3.63, 3.8) is 0 Å². The zero-order valence-corrected chi connectivity index (χ0v) is 17.2. The van der Waals surface area contributed by atoms with E-state index in [9.17, 15) is 9.59 Å². The number of Topliss-reactive ketones (excluding diaryl/α,β-unsaturated/α-hetero) is 2. The summed E-state index contributed by atoms with van der Waals surface area (Å²) in [5.74, 6) is 2.33. The van der Waals surface area contributed by atoms with Crippen LogP contribution in [0.1, 0.15) is 106 Å². The van der Waals surface area contributed by atoms with Gasteiger partial charge >= 0.3 is 0 Å². The topological polar surface area (TPSA) is 34.1 Å². The van der Waals surface area contributed by atoms with Gasteiger partial charge in [-0.1, -0.05) is 80.1 Å². The quantitative estimate of drug-likeness (QED) is 0.315. The van der Waals surface area contributed by atoms with E-state index in [1.807, 2.05) is 0 Å². The van der Waals surface area contributed by atoms with Crippen LogP contribution in [0.25, 0.3) is 0 Å². The highest BCUT2D eigenvalue weighted by Crippen LogP contribution is 2.19. The number of carbonyl (C=O) groups excluding carboxylic acids is 2. The van der Waals surface area contributed by atoms with Crippen molar-refractivity contribution in [3.8, 4) is 0 Å². The first-order chi connectivity index (χ1) is 11.2. The maximum atomic E-state index is 12.0. The summed E-state index contributed by atoms with van der Waals surface area (Å²) in [5, 5.41) is 0. The Morgan fingerprint density at radius 2 is 0.875 bits per heavy atom.